The van der Waals surface area contributed by atoms with Crippen LogP contribution in [0.5, 0.6) is 0 Å². The van der Waals surface area contributed by atoms with Gasteiger partial charge in [0.15, 0.2) is 0 Å². The molecule has 1 aliphatic carbocycles. The van der Waals surface area contributed by atoms with Crippen molar-refractivity contribution in [3.05, 3.63) is 23.4 Å². The molecule has 1 aliphatic rings. The van der Waals surface area contributed by atoms with E-state index in [1.807, 2.05) is 26.1 Å². The minimum atomic E-state index is 0.558. The number of aromatic nitrogens is 1. The Morgan fingerprint density at radius 1 is 1.44 bits per heavy atom. The van der Waals surface area contributed by atoms with Crippen molar-refractivity contribution in [2.24, 2.45) is 11.7 Å². The van der Waals surface area contributed by atoms with E-state index in [1.54, 1.807) is 0 Å². The van der Waals surface area contributed by atoms with Crippen LogP contribution in [0.15, 0.2) is 12.1 Å². The van der Waals surface area contributed by atoms with Crippen LogP contribution < -0.4 is 10.6 Å². The first-order valence-electron chi connectivity index (χ1n) is 6.65. The molecule has 0 amide bonds. The van der Waals surface area contributed by atoms with Crippen molar-refractivity contribution in [2.75, 3.05) is 31.7 Å². The fourth-order valence-electron chi connectivity index (χ4n) is 1.88. The van der Waals surface area contributed by atoms with E-state index >= 15 is 0 Å². The summed E-state index contributed by atoms with van der Waals surface area (Å²) in [5.41, 5.74) is 7.82. The Labute approximate surface area is 109 Å². The van der Waals surface area contributed by atoms with E-state index in [2.05, 4.69) is 9.88 Å². The number of ether oxygens (including phenoxy) is 1. The minimum absolute atomic E-state index is 0.558. The SMILES string of the molecule is Cc1cc(CN)cc(N(C)CCOCC2CC2)n1. The van der Waals surface area contributed by atoms with E-state index in [9.17, 15) is 0 Å². The molecule has 0 aromatic carbocycles. The smallest absolute Gasteiger partial charge is 0.128 e. The van der Waals surface area contributed by atoms with E-state index in [0.29, 0.717) is 6.54 Å². The van der Waals surface area contributed by atoms with Crippen molar-refractivity contribution in [3.8, 4) is 0 Å². The van der Waals surface area contributed by atoms with Crippen molar-refractivity contribution in [2.45, 2.75) is 26.3 Å². The molecule has 0 saturated heterocycles. The van der Waals surface area contributed by atoms with Crippen LogP contribution >= 0.6 is 0 Å². The van der Waals surface area contributed by atoms with Gasteiger partial charge >= 0.3 is 0 Å². The molecule has 1 fully saturated rings. The highest BCUT2D eigenvalue weighted by atomic mass is 16.5. The highest BCUT2D eigenvalue weighted by molar-refractivity contribution is 5.41. The Bertz CT molecular complexity index is 391. The van der Waals surface area contributed by atoms with Crippen LogP contribution in [-0.2, 0) is 11.3 Å². The molecule has 0 bridgehead atoms. The lowest BCUT2D eigenvalue weighted by atomic mass is 10.2. The van der Waals surface area contributed by atoms with Crippen LogP contribution in [-0.4, -0.2) is 31.8 Å². The summed E-state index contributed by atoms with van der Waals surface area (Å²) in [6, 6.07) is 4.08. The van der Waals surface area contributed by atoms with Crippen molar-refractivity contribution >= 4 is 5.82 Å². The van der Waals surface area contributed by atoms with Gasteiger partial charge in [0.2, 0.25) is 0 Å². The standard InChI is InChI=1S/C14H23N3O/c1-11-7-13(9-15)8-14(16-11)17(2)5-6-18-10-12-3-4-12/h7-8,12H,3-6,9-10,15H2,1-2H3. The molecule has 0 unspecified atom stereocenters. The molecule has 4 heteroatoms. The van der Waals surface area contributed by atoms with Gasteiger partial charge in [0.1, 0.15) is 5.82 Å². The summed E-state index contributed by atoms with van der Waals surface area (Å²) in [6.07, 6.45) is 2.68. The first kappa shape index (κ1) is 13.3. The zero-order chi connectivity index (χ0) is 13.0. The number of anilines is 1. The zero-order valence-electron chi connectivity index (χ0n) is 11.4. The topological polar surface area (TPSA) is 51.4 Å². The van der Waals surface area contributed by atoms with Crippen molar-refractivity contribution in [1.82, 2.24) is 4.98 Å². The fourth-order valence-corrected chi connectivity index (χ4v) is 1.88. The van der Waals surface area contributed by atoms with Gasteiger partial charge in [0.25, 0.3) is 0 Å². The van der Waals surface area contributed by atoms with Gasteiger partial charge in [-0.25, -0.2) is 4.98 Å². The molecule has 4 nitrogen and oxygen atoms in total. The molecule has 18 heavy (non-hydrogen) atoms. The molecule has 1 aromatic rings. The summed E-state index contributed by atoms with van der Waals surface area (Å²) >= 11 is 0. The number of hydrogen-bond acceptors (Lipinski definition) is 4. The van der Waals surface area contributed by atoms with E-state index in [4.69, 9.17) is 10.5 Å². The van der Waals surface area contributed by atoms with Gasteiger partial charge in [0.05, 0.1) is 6.61 Å². The molecular formula is C14H23N3O. The molecule has 0 atom stereocenters. The quantitative estimate of drug-likeness (QED) is 0.747. The number of aryl methyl sites for hydroxylation is 1. The molecule has 1 heterocycles. The normalized spacial score (nSPS) is 14.8. The Morgan fingerprint density at radius 2 is 2.22 bits per heavy atom. The second-order valence-corrected chi connectivity index (χ2v) is 5.12. The maximum atomic E-state index is 5.68. The summed E-state index contributed by atoms with van der Waals surface area (Å²) in [5, 5.41) is 0. The average molecular weight is 249 g/mol. The van der Waals surface area contributed by atoms with Gasteiger partial charge in [-0.1, -0.05) is 0 Å². The van der Waals surface area contributed by atoms with Gasteiger partial charge < -0.3 is 15.4 Å². The van der Waals surface area contributed by atoms with Crippen molar-refractivity contribution in [1.29, 1.82) is 0 Å². The van der Waals surface area contributed by atoms with E-state index in [-0.39, 0.29) is 0 Å². The summed E-state index contributed by atoms with van der Waals surface area (Å²) in [7, 11) is 2.04. The largest absolute Gasteiger partial charge is 0.379 e. The van der Waals surface area contributed by atoms with Gasteiger partial charge in [-0.2, -0.15) is 0 Å². The summed E-state index contributed by atoms with van der Waals surface area (Å²) in [6.45, 7) is 5.11. The Hall–Kier alpha value is -1.13. The van der Waals surface area contributed by atoms with Crippen molar-refractivity contribution < 1.29 is 4.74 Å². The molecule has 1 saturated carbocycles. The van der Waals surface area contributed by atoms with Crippen LogP contribution in [0.4, 0.5) is 5.82 Å². The molecule has 0 spiro atoms. The number of hydrogen-bond donors (Lipinski definition) is 1. The number of likely N-dealkylation sites (N-methyl/N-ethyl adjacent to an activating group) is 1. The van der Waals surface area contributed by atoms with Gasteiger partial charge in [-0.15, -0.1) is 0 Å². The van der Waals surface area contributed by atoms with E-state index in [0.717, 1.165) is 42.8 Å². The molecule has 2 rings (SSSR count). The third-order valence-corrected chi connectivity index (χ3v) is 3.25. The third-order valence-electron chi connectivity index (χ3n) is 3.25. The second kappa shape index (κ2) is 6.16. The Kier molecular flexibility index (Phi) is 4.55. The molecule has 100 valence electrons. The lowest BCUT2D eigenvalue weighted by Crippen LogP contribution is -2.24. The third kappa shape index (κ3) is 3.96. The van der Waals surface area contributed by atoms with Crippen LogP contribution in [0.25, 0.3) is 0 Å². The minimum Gasteiger partial charge on any atom is -0.379 e. The predicted octanol–water partition coefficient (Wildman–Crippen LogP) is 1.71. The molecule has 1 aromatic heterocycles. The van der Waals surface area contributed by atoms with E-state index < -0.39 is 0 Å². The van der Waals surface area contributed by atoms with Gasteiger partial charge in [-0.05, 0) is 43.4 Å². The van der Waals surface area contributed by atoms with Crippen LogP contribution in [0, 0.1) is 12.8 Å². The number of nitrogens with two attached hydrogens (primary N) is 1. The van der Waals surface area contributed by atoms with Crippen LogP contribution in [0.1, 0.15) is 24.1 Å². The number of rotatable bonds is 7. The second-order valence-electron chi connectivity index (χ2n) is 5.12. The number of pyridine rings is 1. The summed E-state index contributed by atoms with van der Waals surface area (Å²) in [4.78, 5) is 6.65. The van der Waals surface area contributed by atoms with Crippen LogP contribution in [0.2, 0.25) is 0 Å². The van der Waals surface area contributed by atoms with E-state index in [1.165, 1.54) is 12.8 Å². The molecule has 2 N–H and O–H groups in total. The average Bonchev–Trinajstić information content (AvgIpc) is 3.17. The first-order valence-corrected chi connectivity index (χ1v) is 6.65. The summed E-state index contributed by atoms with van der Waals surface area (Å²) < 4.78 is 5.64. The maximum Gasteiger partial charge on any atom is 0.128 e. The molecular weight excluding hydrogens is 226 g/mol. The summed E-state index contributed by atoms with van der Waals surface area (Å²) in [5.74, 6) is 1.81. The monoisotopic (exact) mass is 249 g/mol. The zero-order valence-corrected chi connectivity index (χ0v) is 11.4. The van der Waals surface area contributed by atoms with Crippen molar-refractivity contribution in [3.63, 3.8) is 0 Å². The highest BCUT2D eigenvalue weighted by Crippen LogP contribution is 2.28. The maximum absolute atomic E-state index is 5.68. The molecule has 0 aliphatic heterocycles. The Morgan fingerprint density at radius 3 is 2.89 bits per heavy atom. The Balaban J connectivity index is 1.82. The molecule has 0 radical (unpaired) electrons. The predicted molar refractivity (Wildman–Crippen MR) is 73.7 cm³/mol. The van der Waals surface area contributed by atoms with Gasteiger partial charge in [0, 0.05) is 32.4 Å². The fraction of sp³-hybridized carbons (Fsp3) is 0.643. The highest BCUT2D eigenvalue weighted by Gasteiger charge is 2.21. The van der Waals surface area contributed by atoms with Crippen LogP contribution in [0.3, 0.4) is 0 Å². The lowest BCUT2D eigenvalue weighted by Gasteiger charge is -2.19. The number of nitrogens with zero attached hydrogens (tertiary/aromatic N) is 2. The first-order chi connectivity index (χ1) is 8.69. The van der Waals surface area contributed by atoms with Gasteiger partial charge in [-0.3, -0.25) is 0 Å². The lowest BCUT2D eigenvalue weighted by molar-refractivity contribution is 0.131.